The van der Waals surface area contributed by atoms with Gasteiger partial charge in [-0.3, -0.25) is 9.59 Å². The minimum atomic E-state index is -0.220. The highest BCUT2D eigenvalue weighted by molar-refractivity contribution is 7.98. The van der Waals surface area contributed by atoms with Gasteiger partial charge in [0, 0.05) is 18.0 Å². The smallest absolute Gasteiger partial charge is 0.246 e. The summed E-state index contributed by atoms with van der Waals surface area (Å²) in [5.74, 6) is 0.0452. The largest absolute Gasteiger partial charge is 0.333 e. The van der Waals surface area contributed by atoms with Crippen LogP contribution < -0.4 is 5.32 Å². The van der Waals surface area contributed by atoms with Crippen LogP contribution in [-0.2, 0) is 9.59 Å². The Morgan fingerprint density at radius 1 is 1.11 bits per heavy atom. The minimum absolute atomic E-state index is 0.00181. The minimum Gasteiger partial charge on any atom is -0.333 e. The molecule has 0 aliphatic carbocycles. The monoisotopic (exact) mass is 382 g/mol. The molecule has 0 radical (unpaired) electrons. The third-order valence-corrected chi connectivity index (χ3v) is 4.96. The number of carbonyl (C=O) groups is 2. The average Bonchev–Trinajstić information content (AvgIpc) is 2.66. The van der Waals surface area contributed by atoms with Crippen molar-refractivity contribution in [3.05, 3.63) is 65.7 Å². The van der Waals surface area contributed by atoms with E-state index in [1.807, 2.05) is 42.7 Å². The van der Waals surface area contributed by atoms with Crippen LogP contribution in [0.3, 0.4) is 0 Å². The zero-order chi connectivity index (χ0) is 19.8. The van der Waals surface area contributed by atoms with E-state index in [0.717, 1.165) is 16.1 Å². The Kier molecular flexibility index (Phi) is 7.67. The molecule has 0 atom stereocenters. The standard InChI is InChI=1S/C22H26N2O2S/c1-16(2)18-12-9-17(10-13-18)11-14-22(26)24(3)15-21(25)23-19-7-5-6-8-20(19)27-4/h5-14,16H,15H2,1-4H3,(H,23,25)/b14-11+. The van der Waals surface area contributed by atoms with Gasteiger partial charge in [0.05, 0.1) is 12.2 Å². The molecule has 1 N–H and O–H groups in total. The van der Waals surface area contributed by atoms with E-state index in [1.54, 1.807) is 24.9 Å². The predicted octanol–water partition coefficient (Wildman–Crippen LogP) is 4.64. The van der Waals surface area contributed by atoms with Gasteiger partial charge in [-0.2, -0.15) is 0 Å². The van der Waals surface area contributed by atoms with Crippen molar-refractivity contribution in [3.8, 4) is 0 Å². The number of hydrogen-bond donors (Lipinski definition) is 1. The third kappa shape index (κ3) is 6.29. The highest BCUT2D eigenvalue weighted by Gasteiger charge is 2.12. The Morgan fingerprint density at radius 2 is 1.78 bits per heavy atom. The van der Waals surface area contributed by atoms with Gasteiger partial charge in [-0.05, 0) is 41.5 Å². The van der Waals surface area contributed by atoms with E-state index in [-0.39, 0.29) is 18.4 Å². The van der Waals surface area contributed by atoms with Crippen molar-refractivity contribution in [3.63, 3.8) is 0 Å². The first kappa shape index (κ1) is 20.8. The van der Waals surface area contributed by atoms with E-state index < -0.39 is 0 Å². The van der Waals surface area contributed by atoms with E-state index >= 15 is 0 Å². The van der Waals surface area contributed by atoms with Crippen molar-refractivity contribution in [2.75, 3.05) is 25.2 Å². The molecule has 0 heterocycles. The van der Waals surface area contributed by atoms with Crippen molar-refractivity contribution < 1.29 is 9.59 Å². The zero-order valence-corrected chi connectivity index (χ0v) is 17.0. The molecule has 0 spiro atoms. The highest BCUT2D eigenvalue weighted by atomic mass is 32.2. The fraction of sp³-hybridized carbons (Fsp3) is 0.273. The van der Waals surface area contributed by atoms with Gasteiger partial charge in [-0.15, -0.1) is 11.8 Å². The lowest BCUT2D eigenvalue weighted by molar-refractivity contribution is -0.129. The maximum atomic E-state index is 12.3. The van der Waals surface area contributed by atoms with Gasteiger partial charge < -0.3 is 10.2 Å². The highest BCUT2D eigenvalue weighted by Crippen LogP contribution is 2.24. The van der Waals surface area contributed by atoms with Crippen LogP contribution in [0.15, 0.2) is 59.5 Å². The summed E-state index contributed by atoms with van der Waals surface area (Å²) in [7, 11) is 1.62. The normalized spacial score (nSPS) is 11.0. The summed E-state index contributed by atoms with van der Waals surface area (Å²) in [6, 6.07) is 15.7. The van der Waals surface area contributed by atoms with Crippen LogP contribution in [0, 0.1) is 0 Å². The molecular formula is C22H26N2O2S. The Morgan fingerprint density at radius 3 is 2.41 bits per heavy atom. The van der Waals surface area contributed by atoms with Crippen LogP contribution >= 0.6 is 11.8 Å². The SMILES string of the molecule is CSc1ccccc1NC(=O)CN(C)C(=O)/C=C/c1ccc(C(C)C)cc1. The molecule has 0 saturated carbocycles. The number of rotatable bonds is 7. The Bertz CT molecular complexity index is 813. The van der Waals surface area contributed by atoms with Crippen molar-refractivity contribution in [1.82, 2.24) is 4.90 Å². The summed E-state index contributed by atoms with van der Waals surface area (Å²) in [5.41, 5.74) is 2.98. The number of benzene rings is 2. The van der Waals surface area contributed by atoms with Gasteiger partial charge in [-0.1, -0.05) is 50.2 Å². The second kappa shape index (κ2) is 9.97. The molecular weight excluding hydrogens is 356 g/mol. The number of likely N-dealkylation sites (N-methyl/N-ethyl adjacent to an activating group) is 1. The number of anilines is 1. The number of nitrogens with one attached hydrogen (secondary N) is 1. The summed E-state index contributed by atoms with van der Waals surface area (Å²) in [6.45, 7) is 4.29. The second-order valence-electron chi connectivity index (χ2n) is 6.60. The summed E-state index contributed by atoms with van der Waals surface area (Å²) in [4.78, 5) is 26.9. The molecule has 2 rings (SSSR count). The third-order valence-electron chi connectivity index (χ3n) is 4.16. The number of para-hydroxylation sites is 1. The molecule has 2 amide bonds. The quantitative estimate of drug-likeness (QED) is 0.560. The Balaban J connectivity index is 1.91. The molecule has 0 unspecified atom stereocenters. The van der Waals surface area contributed by atoms with Crippen molar-refractivity contribution >= 4 is 35.3 Å². The van der Waals surface area contributed by atoms with Gasteiger partial charge in [0.15, 0.2) is 0 Å². The Hall–Kier alpha value is -2.53. The van der Waals surface area contributed by atoms with E-state index in [9.17, 15) is 9.59 Å². The topological polar surface area (TPSA) is 49.4 Å². The van der Waals surface area contributed by atoms with Gasteiger partial charge in [-0.25, -0.2) is 0 Å². The maximum Gasteiger partial charge on any atom is 0.246 e. The molecule has 2 aromatic carbocycles. The first-order valence-corrected chi connectivity index (χ1v) is 10.1. The van der Waals surface area contributed by atoms with Crippen LogP contribution in [0.1, 0.15) is 30.9 Å². The molecule has 2 aromatic rings. The van der Waals surface area contributed by atoms with E-state index in [2.05, 4.69) is 31.3 Å². The van der Waals surface area contributed by atoms with E-state index in [1.165, 1.54) is 16.5 Å². The van der Waals surface area contributed by atoms with Crippen LogP contribution in [-0.4, -0.2) is 36.6 Å². The molecule has 0 saturated heterocycles. The molecule has 5 heteroatoms. The maximum absolute atomic E-state index is 12.3. The predicted molar refractivity (Wildman–Crippen MR) is 114 cm³/mol. The van der Waals surface area contributed by atoms with Crippen LogP contribution in [0.25, 0.3) is 6.08 Å². The molecule has 0 fully saturated rings. The fourth-order valence-corrected chi connectivity index (χ4v) is 3.07. The molecule has 4 nitrogen and oxygen atoms in total. The number of nitrogens with zero attached hydrogens (tertiary/aromatic N) is 1. The Labute approximate surface area is 165 Å². The van der Waals surface area contributed by atoms with Gasteiger partial charge >= 0.3 is 0 Å². The van der Waals surface area contributed by atoms with E-state index in [0.29, 0.717) is 5.92 Å². The van der Waals surface area contributed by atoms with Crippen LogP contribution in [0.5, 0.6) is 0 Å². The second-order valence-corrected chi connectivity index (χ2v) is 7.45. The van der Waals surface area contributed by atoms with Crippen LogP contribution in [0.2, 0.25) is 0 Å². The molecule has 0 aliphatic rings. The number of hydrogen-bond acceptors (Lipinski definition) is 3. The van der Waals surface area contributed by atoms with Gasteiger partial charge in [0.1, 0.15) is 0 Å². The summed E-state index contributed by atoms with van der Waals surface area (Å²) in [6.07, 6.45) is 5.22. The molecule has 142 valence electrons. The number of thioether (sulfide) groups is 1. The summed E-state index contributed by atoms with van der Waals surface area (Å²) < 4.78 is 0. The molecule has 0 aliphatic heterocycles. The van der Waals surface area contributed by atoms with Gasteiger partial charge in [0.2, 0.25) is 11.8 Å². The van der Waals surface area contributed by atoms with E-state index in [4.69, 9.17) is 0 Å². The zero-order valence-electron chi connectivity index (χ0n) is 16.2. The first-order valence-electron chi connectivity index (χ1n) is 8.86. The van der Waals surface area contributed by atoms with Crippen LogP contribution in [0.4, 0.5) is 5.69 Å². The van der Waals surface area contributed by atoms with Crippen molar-refractivity contribution in [1.29, 1.82) is 0 Å². The molecule has 0 bridgehead atoms. The number of carbonyl (C=O) groups excluding carboxylic acids is 2. The van der Waals surface area contributed by atoms with Crippen molar-refractivity contribution in [2.45, 2.75) is 24.7 Å². The van der Waals surface area contributed by atoms with Crippen molar-refractivity contribution in [2.24, 2.45) is 0 Å². The summed E-state index contributed by atoms with van der Waals surface area (Å²) >= 11 is 1.56. The first-order chi connectivity index (χ1) is 12.9. The fourth-order valence-electron chi connectivity index (χ4n) is 2.52. The van der Waals surface area contributed by atoms with Gasteiger partial charge in [0.25, 0.3) is 0 Å². The molecule has 0 aromatic heterocycles. The molecule has 27 heavy (non-hydrogen) atoms. The lowest BCUT2D eigenvalue weighted by Crippen LogP contribution is -2.33. The summed E-state index contributed by atoms with van der Waals surface area (Å²) in [5, 5.41) is 2.86. The average molecular weight is 383 g/mol. The lowest BCUT2D eigenvalue weighted by atomic mass is 10.0. The number of amides is 2. The lowest BCUT2D eigenvalue weighted by Gasteiger charge is -2.16.